The van der Waals surface area contributed by atoms with E-state index < -0.39 is 0 Å². The summed E-state index contributed by atoms with van der Waals surface area (Å²) in [6, 6.07) is 2.91. The second-order valence-electron chi connectivity index (χ2n) is 5.96. The Labute approximate surface area is 108 Å². The minimum Gasteiger partial charge on any atom is -0.308 e. The van der Waals surface area contributed by atoms with E-state index in [2.05, 4.69) is 40.9 Å². The molecule has 0 radical (unpaired) electrons. The van der Waals surface area contributed by atoms with Crippen LogP contribution in [0.15, 0.2) is 16.8 Å². The Morgan fingerprint density at radius 2 is 2.35 bits per heavy atom. The van der Waals surface area contributed by atoms with Crippen LogP contribution in [0.2, 0.25) is 0 Å². The molecule has 2 heterocycles. The molecule has 17 heavy (non-hydrogen) atoms. The zero-order chi connectivity index (χ0) is 11.9. The molecule has 0 amide bonds. The number of nitrogens with one attached hydrogen (secondary N) is 1. The second-order valence-corrected chi connectivity index (χ2v) is 6.74. The maximum absolute atomic E-state index is 3.78. The zero-order valence-corrected chi connectivity index (χ0v) is 11.6. The van der Waals surface area contributed by atoms with E-state index in [0.29, 0.717) is 11.6 Å². The first kappa shape index (κ1) is 11.7. The molecule has 1 aromatic rings. The lowest BCUT2D eigenvalue weighted by molar-refractivity contribution is 0.0771. The zero-order valence-electron chi connectivity index (χ0n) is 10.8. The summed E-state index contributed by atoms with van der Waals surface area (Å²) in [7, 11) is 0. The molecule has 2 aliphatic rings. The summed E-state index contributed by atoms with van der Waals surface area (Å²) in [6.07, 6.45) is 2.84. The normalized spacial score (nSPS) is 35.1. The standard InChI is InChI=1S/C14H22N2S/c1-11-7-15-14(2,13-3-4-13)10-16(11)8-12-5-6-17-9-12/h5-6,9,11,13,15H,3-4,7-8,10H2,1-2H3. The number of piperazine rings is 1. The fourth-order valence-electron chi connectivity index (χ4n) is 2.97. The molecule has 1 saturated carbocycles. The monoisotopic (exact) mass is 250 g/mol. The molecular weight excluding hydrogens is 228 g/mol. The van der Waals surface area contributed by atoms with Crippen LogP contribution in [0, 0.1) is 5.92 Å². The van der Waals surface area contributed by atoms with E-state index >= 15 is 0 Å². The lowest BCUT2D eigenvalue weighted by atomic mass is 9.91. The summed E-state index contributed by atoms with van der Waals surface area (Å²) in [5, 5.41) is 8.24. The Hall–Kier alpha value is -0.380. The van der Waals surface area contributed by atoms with Gasteiger partial charge in [-0.25, -0.2) is 0 Å². The van der Waals surface area contributed by atoms with Crippen LogP contribution in [-0.2, 0) is 6.54 Å². The van der Waals surface area contributed by atoms with Crippen molar-refractivity contribution < 1.29 is 0 Å². The molecule has 2 atom stereocenters. The first-order valence-corrected chi connectivity index (χ1v) is 7.62. The molecule has 1 aromatic heterocycles. The van der Waals surface area contributed by atoms with Crippen molar-refractivity contribution in [1.29, 1.82) is 0 Å². The Balaban J connectivity index is 1.69. The van der Waals surface area contributed by atoms with Gasteiger partial charge in [-0.15, -0.1) is 0 Å². The maximum atomic E-state index is 3.78. The molecule has 1 aliphatic carbocycles. The predicted molar refractivity (Wildman–Crippen MR) is 73.3 cm³/mol. The summed E-state index contributed by atoms with van der Waals surface area (Å²) >= 11 is 1.81. The van der Waals surface area contributed by atoms with Gasteiger partial charge < -0.3 is 5.32 Å². The van der Waals surface area contributed by atoms with E-state index in [9.17, 15) is 0 Å². The number of nitrogens with zero attached hydrogens (tertiary/aromatic N) is 1. The summed E-state index contributed by atoms with van der Waals surface area (Å²) in [5.74, 6) is 0.917. The third-order valence-electron chi connectivity index (χ3n) is 4.40. The summed E-state index contributed by atoms with van der Waals surface area (Å²) in [5.41, 5.74) is 1.84. The number of thiophene rings is 1. The molecule has 2 fully saturated rings. The van der Waals surface area contributed by atoms with Gasteiger partial charge in [-0.05, 0) is 55.0 Å². The summed E-state index contributed by atoms with van der Waals surface area (Å²) in [6.45, 7) is 8.21. The average Bonchev–Trinajstić information content (AvgIpc) is 3.05. The van der Waals surface area contributed by atoms with Gasteiger partial charge in [0.1, 0.15) is 0 Å². The van der Waals surface area contributed by atoms with Gasteiger partial charge in [0.2, 0.25) is 0 Å². The first-order valence-electron chi connectivity index (χ1n) is 6.67. The van der Waals surface area contributed by atoms with Gasteiger partial charge >= 0.3 is 0 Å². The molecule has 0 aromatic carbocycles. The lowest BCUT2D eigenvalue weighted by Crippen LogP contribution is -2.62. The van der Waals surface area contributed by atoms with Crippen molar-refractivity contribution in [3.8, 4) is 0 Å². The van der Waals surface area contributed by atoms with E-state index in [1.54, 1.807) is 11.3 Å². The van der Waals surface area contributed by atoms with Crippen LogP contribution in [0.3, 0.4) is 0 Å². The molecule has 3 rings (SSSR count). The van der Waals surface area contributed by atoms with E-state index in [1.165, 1.54) is 24.9 Å². The third-order valence-corrected chi connectivity index (χ3v) is 5.13. The van der Waals surface area contributed by atoms with Crippen LogP contribution in [0.5, 0.6) is 0 Å². The van der Waals surface area contributed by atoms with Crippen LogP contribution in [0.25, 0.3) is 0 Å². The highest BCUT2D eigenvalue weighted by atomic mass is 32.1. The molecule has 94 valence electrons. The minimum absolute atomic E-state index is 0.364. The Bertz CT molecular complexity index is 372. The minimum atomic E-state index is 0.364. The van der Waals surface area contributed by atoms with Crippen LogP contribution >= 0.6 is 11.3 Å². The van der Waals surface area contributed by atoms with Gasteiger partial charge in [-0.2, -0.15) is 11.3 Å². The second kappa shape index (κ2) is 4.38. The molecule has 0 bridgehead atoms. The summed E-state index contributed by atoms with van der Waals surface area (Å²) in [4.78, 5) is 2.65. The Kier molecular flexibility index (Phi) is 3.01. The van der Waals surface area contributed by atoms with E-state index in [-0.39, 0.29) is 0 Å². The largest absolute Gasteiger partial charge is 0.308 e. The molecule has 3 heteroatoms. The summed E-state index contributed by atoms with van der Waals surface area (Å²) < 4.78 is 0. The van der Waals surface area contributed by atoms with Crippen molar-refractivity contribution in [2.24, 2.45) is 5.92 Å². The molecule has 1 aliphatic heterocycles. The Morgan fingerprint density at radius 3 is 3.00 bits per heavy atom. The molecular formula is C14H22N2S. The highest BCUT2D eigenvalue weighted by molar-refractivity contribution is 7.07. The van der Waals surface area contributed by atoms with Crippen LogP contribution in [0.4, 0.5) is 0 Å². The van der Waals surface area contributed by atoms with E-state index in [4.69, 9.17) is 0 Å². The van der Waals surface area contributed by atoms with Gasteiger partial charge in [0.15, 0.2) is 0 Å². The van der Waals surface area contributed by atoms with Crippen molar-refractivity contribution >= 4 is 11.3 Å². The molecule has 0 spiro atoms. The molecule has 2 unspecified atom stereocenters. The lowest BCUT2D eigenvalue weighted by Gasteiger charge is -2.45. The highest BCUT2D eigenvalue weighted by Crippen LogP contribution is 2.41. The van der Waals surface area contributed by atoms with Gasteiger partial charge in [-0.3, -0.25) is 4.90 Å². The SMILES string of the molecule is CC1CNC(C)(C2CC2)CN1Cc1ccsc1. The van der Waals surface area contributed by atoms with Gasteiger partial charge in [0, 0.05) is 31.2 Å². The molecule has 2 nitrogen and oxygen atoms in total. The van der Waals surface area contributed by atoms with Gasteiger partial charge in [-0.1, -0.05) is 0 Å². The highest BCUT2D eigenvalue weighted by Gasteiger charge is 2.45. The topological polar surface area (TPSA) is 15.3 Å². The van der Waals surface area contributed by atoms with Crippen molar-refractivity contribution in [2.45, 2.75) is 44.8 Å². The molecule has 1 N–H and O–H groups in total. The van der Waals surface area contributed by atoms with Crippen LogP contribution < -0.4 is 5.32 Å². The Morgan fingerprint density at radius 1 is 1.53 bits per heavy atom. The van der Waals surface area contributed by atoms with Crippen LogP contribution in [0.1, 0.15) is 32.3 Å². The predicted octanol–water partition coefficient (Wildman–Crippen LogP) is 2.71. The van der Waals surface area contributed by atoms with Crippen molar-refractivity contribution in [2.75, 3.05) is 13.1 Å². The van der Waals surface area contributed by atoms with Crippen LogP contribution in [-0.4, -0.2) is 29.6 Å². The fourth-order valence-corrected chi connectivity index (χ4v) is 3.63. The van der Waals surface area contributed by atoms with E-state index in [1.807, 2.05) is 0 Å². The number of hydrogen-bond donors (Lipinski definition) is 1. The van der Waals surface area contributed by atoms with Gasteiger partial charge in [0.25, 0.3) is 0 Å². The number of hydrogen-bond acceptors (Lipinski definition) is 3. The van der Waals surface area contributed by atoms with E-state index in [0.717, 1.165) is 19.0 Å². The number of rotatable bonds is 3. The third kappa shape index (κ3) is 2.42. The first-order chi connectivity index (χ1) is 8.17. The van der Waals surface area contributed by atoms with Gasteiger partial charge in [0.05, 0.1) is 0 Å². The molecule has 1 saturated heterocycles. The smallest absolute Gasteiger partial charge is 0.0309 e. The van der Waals surface area contributed by atoms with Crippen molar-refractivity contribution in [1.82, 2.24) is 10.2 Å². The fraction of sp³-hybridized carbons (Fsp3) is 0.714. The van der Waals surface area contributed by atoms with Crippen molar-refractivity contribution in [3.05, 3.63) is 22.4 Å². The maximum Gasteiger partial charge on any atom is 0.0309 e. The quantitative estimate of drug-likeness (QED) is 0.887. The average molecular weight is 250 g/mol. The van der Waals surface area contributed by atoms with Crippen molar-refractivity contribution in [3.63, 3.8) is 0 Å².